The summed E-state index contributed by atoms with van der Waals surface area (Å²) in [6.45, 7) is 2.86. The van der Waals surface area contributed by atoms with Crippen molar-refractivity contribution in [1.82, 2.24) is 4.72 Å². The fraction of sp³-hybridized carbons (Fsp3) is 0.538. The van der Waals surface area contributed by atoms with Gasteiger partial charge >= 0.3 is 0 Å². The van der Waals surface area contributed by atoms with E-state index in [2.05, 4.69) is 4.72 Å². The number of hydrogen-bond donors (Lipinski definition) is 1. The lowest BCUT2D eigenvalue weighted by Crippen LogP contribution is -2.31. The zero-order chi connectivity index (χ0) is 13.9. The molecule has 2 rings (SSSR count). The van der Waals surface area contributed by atoms with E-state index in [0.29, 0.717) is 18.9 Å². The van der Waals surface area contributed by atoms with Crippen molar-refractivity contribution in [3.05, 3.63) is 23.8 Å². The van der Waals surface area contributed by atoms with Gasteiger partial charge in [-0.05, 0) is 43.5 Å². The lowest BCUT2D eigenvalue weighted by atomic mass is 10.2. The molecule has 0 aromatic heterocycles. The van der Waals surface area contributed by atoms with E-state index in [4.69, 9.17) is 9.47 Å². The highest BCUT2D eigenvalue weighted by atomic mass is 32.2. The highest BCUT2D eigenvalue weighted by Crippen LogP contribution is 2.21. The average molecular weight is 285 g/mol. The molecule has 0 radical (unpaired) electrons. The second-order valence-corrected chi connectivity index (χ2v) is 6.39. The summed E-state index contributed by atoms with van der Waals surface area (Å²) in [7, 11) is -1.92. The monoisotopic (exact) mass is 285 g/mol. The molecule has 0 saturated carbocycles. The van der Waals surface area contributed by atoms with E-state index in [1.54, 1.807) is 25.3 Å². The number of sulfonamides is 1. The molecule has 0 aliphatic carbocycles. The van der Waals surface area contributed by atoms with Gasteiger partial charge in [0.1, 0.15) is 5.75 Å². The predicted octanol–water partition coefficient (Wildman–Crippen LogP) is 1.46. The first-order chi connectivity index (χ1) is 9.03. The van der Waals surface area contributed by atoms with Crippen molar-refractivity contribution in [3.63, 3.8) is 0 Å². The third-order valence-electron chi connectivity index (χ3n) is 3.20. The Morgan fingerprint density at radius 2 is 2.26 bits per heavy atom. The molecule has 1 aliphatic rings. The lowest BCUT2D eigenvalue weighted by molar-refractivity contribution is 0.114. The molecule has 19 heavy (non-hydrogen) atoms. The molecule has 1 aromatic carbocycles. The van der Waals surface area contributed by atoms with E-state index in [-0.39, 0.29) is 11.0 Å². The molecule has 5 nitrogen and oxygen atoms in total. The van der Waals surface area contributed by atoms with Crippen LogP contribution in [0.2, 0.25) is 0 Å². The summed E-state index contributed by atoms with van der Waals surface area (Å²) in [5.41, 5.74) is 0.794. The SMILES string of the molecule is COc1ccc(S(=O)(=O)NC[C@@H]2CCCO2)cc1C. The first kappa shape index (κ1) is 14.3. The average Bonchev–Trinajstić information content (AvgIpc) is 2.89. The Hall–Kier alpha value is -1.11. The Kier molecular flexibility index (Phi) is 4.44. The summed E-state index contributed by atoms with van der Waals surface area (Å²) in [4.78, 5) is 0.254. The molecule has 1 aromatic rings. The van der Waals surface area contributed by atoms with E-state index >= 15 is 0 Å². The highest BCUT2D eigenvalue weighted by molar-refractivity contribution is 7.89. The smallest absolute Gasteiger partial charge is 0.240 e. The maximum atomic E-state index is 12.1. The Labute approximate surface area is 114 Å². The number of methoxy groups -OCH3 is 1. The van der Waals surface area contributed by atoms with E-state index in [1.165, 1.54) is 0 Å². The van der Waals surface area contributed by atoms with Gasteiger partial charge in [0.05, 0.1) is 18.1 Å². The van der Waals surface area contributed by atoms with Crippen molar-refractivity contribution in [2.75, 3.05) is 20.3 Å². The topological polar surface area (TPSA) is 64.6 Å². The van der Waals surface area contributed by atoms with Crippen molar-refractivity contribution in [2.24, 2.45) is 0 Å². The Morgan fingerprint density at radius 3 is 2.84 bits per heavy atom. The number of rotatable bonds is 5. The molecule has 6 heteroatoms. The van der Waals surface area contributed by atoms with Crippen LogP contribution in [0.3, 0.4) is 0 Å². The minimum absolute atomic E-state index is 0.00544. The van der Waals surface area contributed by atoms with E-state index in [0.717, 1.165) is 18.4 Å². The van der Waals surface area contributed by atoms with Crippen LogP contribution in [-0.4, -0.2) is 34.8 Å². The Morgan fingerprint density at radius 1 is 1.47 bits per heavy atom. The molecule has 1 saturated heterocycles. The van der Waals surface area contributed by atoms with Crippen molar-refractivity contribution >= 4 is 10.0 Å². The van der Waals surface area contributed by atoms with Crippen LogP contribution >= 0.6 is 0 Å². The normalized spacial score (nSPS) is 19.6. The summed E-state index contributed by atoms with van der Waals surface area (Å²) in [5, 5.41) is 0. The predicted molar refractivity (Wildman–Crippen MR) is 71.9 cm³/mol. The van der Waals surface area contributed by atoms with E-state index < -0.39 is 10.0 Å². The van der Waals surface area contributed by atoms with E-state index in [1.807, 2.05) is 6.92 Å². The molecule has 1 N–H and O–H groups in total. The lowest BCUT2D eigenvalue weighted by Gasteiger charge is -2.12. The van der Waals surface area contributed by atoms with Gasteiger partial charge in [-0.3, -0.25) is 0 Å². The maximum absolute atomic E-state index is 12.1. The van der Waals surface area contributed by atoms with Crippen LogP contribution in [-0.2, 0) is 14.8 Å². The quantitative estimate of drug-likeness (QED) is 0.889. The van der Waals surface area contributed by atoms with Gasteiger partial charge in [-0.1, -0.05) is 0 Å². The molecule has 0 amide bonds. The highest BCUT2D eigenvalue weighted by Gasteiger charge is 2.20. The maximum Gasteiger partial charge on any atom is 0.240 e. The molecule has 0 bridgehead atoms. The van der Waals surface area contributed by atoms with E-state index in [9.17, 15) is 8.42 Å². The first-order valence-corrected chi connectivity index (χ1v) is 7.77. The molecule has 1 heterocycles. The third-order valence-corrected chi connectivity index (χ3v) is 4.62. The van der Waals surface area contributed by atoms with Crippen LogP contribution in [0.25, 0.3) is 0 Å². The van der Waals surface area contributed by atoms with Crippen molar-refractivity contribution < 1.29 is 17.9 Å². The summed E-state index contributed by atoms with van der Waals surface area (Å²) >= 11 is 0. The first-order valence-electron chi connectivity index (χ1n) is 6.29. The largest absolute Gasteiger partial charge is 0.496 e. The number of benzene rings is 1. The van der Waals surface area contributed by atoms with Gasteiger partial charge in [0.15, 0.2) is 0 Å². The summed E-state index contributed by atoms with van der Waals surface area (Å²) in [6.07, 6.45) is 1.90. The van der Waals surface area contributed by atoms with Gasteiger partial charge in [-0.2, -0.15) is 0 Å². The zero-order valence-electron chi connectivity index (χ0n) is 11.2. The molecule has 1 aliphatic heterocycles. The summed E-state index contributed by atoms with van der Waals surface area (Å²) < 4.78 is 37.4. The van der Waals surface area contributed by atoms with Crippen LogP contribution < -0.4 is 9.46 Å². The Bertz CT molecular complexity index is 536. The molecule has 1 atom stereocenters. The number of ether oxygens (including phenoxy) is 2. The van der Waals surface area contributed by atoms with Gasteiger partial charge in [0, 0.05) is 13.2 Å². The van der Waals surface area contributed by atoms with Crippen LogP contribution in [0.15, 0.2) is 23.1 Å². The van der Waals surface area contributed by atoms with Gasteiger partial charge in [-0.15, -0.1) is 0 Å². The number of nitrogens with one attached hydrogen (secondary N) is 1. The molecule has 0 unspecified atom stereocenters. The Balaban J connectivity index is 2.08. The van der Waals surface area contributed by atoms with Crippen LogP contribution in [0, 0.1) is 6.92 Å². The van der Waals surface area contributed by atoms with Crippen LogP contribution in [0.5, 0.6) is 5.75 Å². The van der Waals surface area contributed by atoms with Gasteiger partial charge in [-0.25, -0.2) is 13.1 Å². The standard InChI is InChI=1S/C13H19NO4S/c1-10-8-12(5-6-13(10)17-2)19(15,16)14-9-11-4-3-7-18-11/h5-6,8,11,14H,3-4,7,9H2,1-2H3/t11-/m0/s1. The van der Waals surface area contributed by atoms with Crippen LogP contribution in [0.4, 0.5) is 0 Å². The molecular weight excluding hydrogens is 266 g/mol. The molecular formula is C13H19NO4S. The summed E-state index contributed by atoms with van der Waals surface area (Å²) in [6, 6.07) is 4.82. The van der Waals surface area contributed by atoms with Gasteiger partial charge < -0.3 is 9.47 Å². The third kappa shape index (κ3) is 3.46. The van der Waals surface area contributed by atoms with Crippen LogP contribution in [0.1, 0.15) is 18.4 Å². The second-order valence-electron chi connectivity index (χ2n) is 4.62. The van der Waals surface area contributed by atoms with Gasteiger partial charge in [0.2, 0.25) is 10.0 Å². The minimum atomic E-state index is -3.48. The van der Waals surface area contributed by atoms with Crippen molar-refractivity contribution in [2.45, 2.75) is 30.8 Å². The fourth-order valence-corrected chi connectivity index (χ4v) is 3.26. The molecule has 0 spiro atoms. The minimum Gasteiger partial charge on any atom is -0.496 e. The molecule has 1 fully saturated rings. The summed E-state index contributed by atoms with van der Waals surface area (Å²) in [5.74, 6) is 0.679. The number of hydrogen-bond acceptors (Lipinski definition) is 4. The van der Waals surface area contributed by atoms with Gasteiger partial charge in [0.25, 0.3) is 0 Å². The fourth-order valence-electron chi connectivity index (χ4n) is 2.11. The number of aryl methyl sites for hydroxylation is 1. The van der Waals surface area contributed by atoms with Crippen molar-refractivity contribution in [1.29, 1.82) is 0 Å². The zero-order valence-corrected chi connectivity index (χ0v) is 12.0. The molecule has 106 valence electrons. The van der Waals surface area contributed by atoms with Crippen molar-refractivity contribution in [3.8, 4) is 5.75 Å². The second kappa shape index (κ2) is 5.90.